The van der Waals surface area contributed by atoms with E-state index in [1.165, 1.54) is 7.11 Å². The highest BCUT2D eigenvalue weighted by Gasteiger charge is 2.30. The number of carbonyl (C=O) groups excluding carboxylic acids is 1. The van der Waals surface area contributed by atoms with Gasteiger partial charge in [-0.1, -0.05) is 30.0 Å². The summed E-state index contributed by atoms with van der Waals surface area (Å²) in [6.45, 7) is 4.02. The van der Waals surface area contributed by atoms with Crippen LogP contribution in [-0.4, -0.2) is 42.3 Å². The van der Waals surface area contributed by atoms with Gasteiger partial charge in [-0.25, -0.2) is 0 Å². The van der Waals surface area contributed by atoms with E-state index in [4.69, 9.17) is 9.84 Å². The van der Waals surface area contributed by atoms with Gasteiger partial charge < -0.3 is 14.7 Å². The highest BCUT2D eigenvalue weighted by Crippen LogP contribution is 2.15. The predicted molar refractivity (Wildman–Crippen MR) is 82.6 cm³/mol. The molecule has 0 unspecified atom stereocenters. The molecule has 4 nitrogen and oxygen atoms in total. The van der Waals surface area contributed by atoms with Gasteiger partial charge in [-0.2, -0.15) is 0 Å². The van der Waals surface area contributed by atoms with Crippen molar-refractivity contribution in [2.24, 2.45) is 0 Å². The van der Waals surface area contributed by atoms with Crippen molar-refractivity contribution < 1.29 is 14.6 Å². The van der Waals surface area contributed by atoms with Crippen LogP contribution in [0.1, 0.15) is 31.4 Å². The Hall–Kier alpha value is -1.83. The summed E-state index contributed by atoms with van der Waals surface area (Å²) in [6.07, 6.45) is 0.444. The molecular weight excluding hydrogens is 266 g/mol. The monoisotopic (exact) mass is 289 g/mol. The maximum Gasteiger partial charge on any atom is 0.254 e. The van der Waals surface area contributed by atoms with Crippen molar-refractivity contribution in [1.29, 1.82) is 0 Å². The molecule has 21 heavy (non-hydrogen) atoms. The Bertz CT molecular complexity index is 540. The summed E-state index contributed by atoms with van der Waals surface area (Å²) in [5.74, 6) is 5.86. The molecule has 0 radical (unpaired) electrons. The normalized spacial score (nSPS) is 10.7. The molecular formula is C17H23NO3. The number of methoxy groups -OCH3 is 1. The van der Waals surface area contributed by atoms with E-state index in [-0.39, 0.29) is 12.5 Å². The lowest BCUT2D eigenvalue weighted by atomic mass is 10.0. The number of benzene rings is 1. The van der Waals surface area contributed by atoms with E-state index >= 15 is 0 Å². The van der Waals surface area contributed by atoms with Crippen molar-refractivity contribution in [1.82, 2.24) is 4.90 Å². The summed E-state index contributed by atoms with van der Waals surface area (Å²) >= 11 is 0. The first-order valence-electron chi connectivity index (χ1n) is 6.90. The van der Waals surface area contributed by atoms with Gasteiger partial charge in [0.15, 0.2) is 0 Å². The maximum atomic E-state index is 12.3. The molecule has 0 fully saturated rings. The average Bonchev–Trinajstić information content (AvgIpc) is 2.48. The topological polar surface area (TPSA) is 49.8 Å². The minimum atomic E-state index is -0.841. The molecule has 1 rings (SSSR count). The Balaban J connectivity index is 2.89. The number of ether oxygens (including phenoxy) is 1. The van der Waals surface area contributed by atoms with E-state index in [0.717, 1.165) is 11.1 Å². The fourth-order valence-corrected chi connectivity index (χ4v) is 1.87. The van der Waals surface area contributed by atoms with Crippen LogP contribution in [-0.2, 0) is 16.1 Å². The van der Waals surface area contributed by atoms with Crippen molar-refractivity contribution in [2.75, 3.05) is 20.8 Å². The summed E-state index contributed by atoms with van der Waals surface area (Å²) in [6, 6.07) is 7.70. The Kier molecular flexibility index (Phi) is 6.41. The summed E-state index contributed by atoms with van der Waals surface area (Å²) in [5, 5.41) is 8.78. The number of aliphatic hydroxyl groups excluding tert-OH is 1. The number of aliphatic hydroxyl groups is 1. The highest BCUT2D eigenvalue weighted by atomic mass is 16.5. The lowest BCUT2D eigenvalue weighted by Gasteiger charge is -2.28. The Morgan fingerprint density at radius 2 is 2.05 bits per heavy atom. The van der Waals surface area contributed by atoms with Crippen LogP contribution >= 0.6 is 0 Å². The van der Waals surface area contributed by atoms with Crippen LogP contribution in [0, 0.1) is 11.8 Å². The average molecular weight is 289 g/mol. The van der Waals surface area contributed by atoms with Gasteiger partial charge in [-0.05, 0) is 25.5 Å². The molecule has 0 aromatic heterocycles. The van der Waals surface area contributed by atoms with Gasteiger partial charge in [-0.3, -0.25) is 4.79 Å². The first kappa shape index (κ1) is 17.2. The number of carbonyl (C=O) groups is 1. The van der Waals surface area contributed by atoms with Crippen LogP contribution in [0.15, 0.2) is 24.3 Å². The molecule has 0 aliphatic carbocycles. The molecule has 114 valence electrons. The van der Waals surface area contributed by atoms with Crippen LogP contribution in [0.25, 0.3) is 0 Å². The fourth-order valence-electron chi connectivity index (χ4n) is 1.87. The SMILES string of the molecule is COC(C)(C)C(=O)N(C)Cc1ccccc1C#CCCO. The van der Waals surface area contributed by atoms with Gasteiger partial charge in [0.1, 0.15) is 5.60 Å². The number of nitrogens with zero attached hydrogens (tertiary/aromatic N) is 1. The van der Waals surface area contributed by atoms with E-state index < -0.39 is 5.60 Å². The molecule has 0 aliphatic heterocycles. The Labute approximate surface area is 126 Å². The molecule has 0 saturated carbocycles. The van der Waals surface area contributed by atoms with E-state index in [0.29, 0.717) is 13.0 Å². The van der Waals surface area contributed by atoms with Crippen LogP contribution in [0.5, 0.6) is 0 Å². The van der Waals surface area contributed by atoms with Crippen molar-refractivity contribution in [2.45, 2.75) is 32.4 Å². The standard InChI is InChI=1S/C17H23NO3/c1-17(2,21-4)16(20)18(3)13-15-11-6-5-9-14(15)10-7-8-12-19/h5-6,9,11,19H,8,12-13H2,1-4H3. The van der Waals surface area contributed by atoms with E-state index in [1.807, 2.05) is 24.3 Å². The third-order valence-corrected chi connectivity index (χ3v) is 3.26. The lowest BCUT2D eigenvalue weighted by molar-refractivity contribution is -0.150. The zero-order valence-electron chi connectivity index (χ0n) is 13.1. The molecule has 1 aromatic carbocycles. The van der Waals surface area contributed by atoms with Gasteiger partial charge in [0.05, 0.1) is 6.61 Å². The Morgan fingerprint density at radius 3 is 2.67 bits per heavy atom. The quantitative estimate of drug-likeness (QED) is 0.841. The molecule has 0 aliphatic rings. The second-order valence-electron chi connectivity index (χ2n) is 5.31. The van der Waals surface area contributed by atoms with E-state index in [2.05, 4.69) is 11.8 Å². The van der Waals surface area contributed by atoms with Crippen molar-refractivity contribution in [3.63, 3.8) is 0 Å². The molecule has 0 spiro atoms. The molecule has 4 heteroatoms. The third kappa shape index (κ3) is 4.89. The van der Waals surface area contributed by atoms with Gasteiger partial charge in [0.25, 0.3) is 5.91 Å². The van der Waals surface area contributed by atoms with Gasteiger partial charge in [0.2, 0.25) is 0 Å². The first-order chi connectivity index (χ1) is 9.92. The Morgan fingerprint density at radius 1 is 1.38 bits per heavy atom. The zero-order valence-corrected chi connectivity index (χ0v) is 13.1. The smallest absolute Gasteiger partial charge is 0.254 e. The van der Waals surface area contributed by atoms with Crippen molar-refractivity contribution in [3.05, 3.63) is 35.4 Å². The van der Waals surface area contributed by atoms with Crippen LogP contribution < -0.4 is 0 Å². The number of amides is 1. The number of likely N-dealkylation sites (N-methyl/N-ethyl adjacent to an activating group) is 1. The van der Waals surface area contributed by atoms with Gasteiger partial charge in [0, 0.05) is 32.7 Å². The van der Waals surface area contributed by atoms with Crippen LogP contribution in [0.2, 0.25) is 0 Å². The molecule has 0 bridgehead atoms. The second kappa shape index (κ2) is 7.82. The first-order valence-corrected chi connectivity index (χ1v) is 6.90. The number of hydrogen-bond acceptors (Lipinski definition) is 3. The maximum absolute atomic E-state index is 12.3. The van der Waals surface area contributed by atoms with Crippen molar-refractivity contribution >= 4 is 5.91 Å². The third-order valence-electron chi connectivity index (χ3n) is 3.26. The molecule has 1 amide bonds. The minimum absolute atomic E-state index is 0.0512. The highest BCUT2D eigenvalue weighted by molar-refractivity contribution is 5.84. The van der Waals surface area contributed by atoms with Crippen LogP contribution in [0.4, 0.5) is 0 Å². The summed E-state index contributed by atoms with van der Waals surface area (Å²) in [7, 11) is 3.28. The fraction of sp³-hybridized carbons (Fsp3) is 0.471. The second-order valence-corrected chi connectivity index (χ2v) is 5.31. The number of hydrogen-bond donors (Lipinski definition) is 1. The molecule has 0 saturated heterocycles. The summed E-state index contributed by atoms with van der Waals surface area (Å²) in [5.41, 5.74) is 1.01. The lowest BCUT2D eigenvalue weighted by Crippen LogP contribution is -2.44. The minimum Gasteiger partial charge on any atom is -0.395 e. The predicted octanol–water partition coefficient (Wildman–Crippen LogP) is 1.80. The molecule has 1 N–H and O–H groups in total. The van der Waals surface area contributed by atoms with Gasteiger partial charge >= 0.3 is 0 Å². The largest absolute Gasteiger partial charge is 0.395 e. The molecule has 0 heterocycles. The molecule has 0 atom stereocenters. The van der Waals surface area contributed by atoms with Gasteiger partial charge in [-0.15, -0.1) is 0 Å². The summed E-state index contributed by atoms with van der Waals surface area (Å²) in [4.78, 5) is 13.9. The zero-order chi connectivity index (χ0) is 15.9. The van der Waals surface area contributed by atoms with Crippen molar-refractivity contribution in [3.8, 4) is 11.8 Å². The summed E-state index contributed by atoms with van der Waals surface area (Å²) < 4.78 is 5.22. The van der Waals surface area contributed by atoms with Crippen LogP contribution in [0.3, 0.4) is 0 Å². The number of rotatable bonds is 5. The van der Waals surface area contributed by atoms with E-state index in [9.17, 15) is 4.79 Å². The van der Waals surface area contributed by atoms with E-state index in [1.54, 1.807) is 25.8 Å². The molecule has 1 aromatic rings.